The topological polar surface area (TPSA) is 59.7 Å². The van der Waals surface area contributed by atoms with Gasteiger partial charge in [0.15, 0.2) is 0 Å². The Bertz CT molecular complexity index is 587. The van der Waals surface area contributed by atoms with Crippen molar-refractivity contribution in [2.75, 3.05) is 0 Å². The zero-order chi connectivity index (χ0) is 14.0. The number of rotatable bonds is 4. The van der Waals surface area contributed by atoms with Gasteiger partial charge in [-0.15, -0.1) is 0 Å². The molecular formula is C15H16O4. The molecule has 2 rings (SSSR count). The van der Waals surface area contributed by atoms with Gasteiger partial charge in [0, 0.05) is 0 Å². The van der Waals surface area contributed by atoms with Gasteiger partial charge in [0.1, 0.15) is 24.4 Å². The van der Waals surface area contributed by atoms with Crippen LogP contribution in [0.3, 0.4) is 0 Å². The Kier molecular flexibility index (Phi) is 3.60. The third kappa shape index (κ3) is 2.96. The van der Waals surface area contributed by atoms with Crippen molar-refractivity contribution in [3.63, 3.8) is 0 Å². The highest BCUT2D eigenvalue weighted by molar-refractivity contribution is 5.87. The van der Waals surface area contributed by atoms with E-state index in [-0.39, 0.29) is 12.2 Å². The Morgan fingerprint density at radius 2 is 1.84 bits per heavy atom. The van der Waals surface area contributed by atoms with Crippen LogP contribution in [-0.4, -0.2) is 11.1 Å². The summed E-state index contributed by atoms with van der Waals surface area (Å²) in [5.74, 6) is 0.313. The van der Waals surface area contributed by atoms with E-state index in [9.17, 15) is 4.79 Å². The molecule has 0 aliphatic heterocycles. The van der Waals surface area contributed by atoms with Crippen LogP contribution in [0.1, 0.15) is 32.8 Å². The Hall–Kier alpha value is -2.23. The standard InChI is InChI=1S/C15H16O4/c1-9-4-10(2)14(11(3)5-9)19-8-13-6-12(7-18-13)15(16)17/h4-7H,8H2,1-3H3,(H,16,17). The van der Waals surface area contributed by atoms with E-state index in [1.54, 1.807) is 0 Å². The Balaban J connectivity index is 2.12. The van der Waals surface area contributed by atoms with Gasteiger partial charge in [0.05, 0.1) is 5.56 Å². The molecule has 0 saturated carbocycles. The summed E-state index contributed by atoms with van der Waals surface area (Å²) in [5.41, 5.74) is 3.44. The average molecular weight is 260 g/mol. The summed E-state index contributed by atoms with van der Waals surface area (Å²) in [7, 11) is 0. The minimum absolute atomic E-state index is 0.135. The molecule has 4 heteroatoms. The Labute approximate surface area is 111 Å². The van der Waals surface area contributed by atoms with Gasteiger partial charge in [-0.1, -0.05) is 17.7 Å². The van der Waals surface area contributed by atoms with Crippen molar-refractivity contribution in [2.45, 2.75) is 27.4 Å². The highest BCUT2D eigenvalue weighted by Gasteiger charge is 2.10. The lowest BCUT2D eigenvalue weighted by Crippen LogP contribution is -1.99. The quantitative estimate of drug-likeness (QED) is 0.914. The molecular weight excluding hydrogens is 244 g/mol. The Morgan fingerprint density at radius 3 is 2.37 bits per heavy atom. The lowest BCUT2D eigenvalue weighted by atomic mass is 10.1. The lowest BCUT2D eigenvalue weighted by molar-refractivity contribution is 0.0696. The molecule has 0 unspecified atom stereocenters. The van der Waals surface area contributed by atoms with E-state index in [4.69, 9.17) is 14.3 Å². The molecule has 19 heavy (non-hydrogen) atoms. The molecule has 100 valence electrons. The molecule has 2 aromatic rings. The third-order valence-electron chi connectivity index (χ3n) is 2.86. The van der Waals surface area contributed by atoms with Gasteiger partial charge in [-0.2, -0.15) is 0 Å². The SMILES string of the molecule is Cc1cc(C)c(OCc2cc(C(=O)O)co2)c(C)c1. The summed E-state index contributed by atoms with van der Waals surface area (Å²) in [6, 6.07) is 5.57. The smallest absolute Gasteiger partial charge is 0.338 e. The highest BCUT2D eigenvalue weighted by atomic mass is 16.5. The number of carboxylic acid groups (broad SMARTS) is 1. The van der Waals surface area contributed by atoms with Gasteiger partial charge in [0.2, 0.25) is 0 Å². The molecule has 4 nitrogen and oxygen atoms in total. The van der Waals surface area contributed by atoms with E-state index in [0.29, 0.717) is 5.76 Å². The molecule has 0 fully saturated rings. The van der Waals surface area contributed by atoms with Crippen LogP contribution in [-0.2, 0) is 6.61 Å². The first-order valence-corrected chi connectivity index (χ1v) is 5.98. The van der Waals surface area contributed by atoms with Gasteiger partial charge in [-0.3, -0.25) is 0 Å². The van der Waals surface area contributed by atoms with E-state index in [1.807, 2.05) is 32.9 Å². The number of furan rings is 1. The second-order valence-electron chi connectivity index (χ2n) is 4.62. The molecule has 0 aliphatic carbocycles. The van der Waals surface area contributed by atoms with Gasteiger partial charge >= 0.3 is 5.97 Å². The second kappa shape index (κ2) is 5.18. The lowest BCUT2D eigenvalue weighted by Gasteiger charge is -2.11. The first-order valence-electron chi connectivity index (χ1n) is 5.98. The molecule has 0 radical (unpaired) electrons. The molecule has 0 spiro atoms. The first-order chi connectivity index (χ1) is 8.97. The number of hydrogen-bond donors (Lipinski definition) is 1. The van der Waals surface area contributed by atoms with E-state index in [2.05, 4.69) is 0 Å². The van der Waals surface area contributed by atoms with Crippen LogP contribution < -0.4 is 4.74 Å². The zero-order valence-electron chi connectivity index (χ0n) is 11.2. The average Bonchev–Trinajstić information content (AvgIpc) is 2.76. The molecule has 1 aromatic carbocycles. The molecule has 0 amide bonds. The summed E-state index contributed by atoms with van der Waals surface area (Å²) in [4.78, 5) is 10.7. The molecule has 1 heterocycles. The second-order valence-corrected chi connectivity index (χ2v) is 4.62. The monoisotopic (exact) mass is 260 g/mol. The number of benzene rings is 1. The van der Waals surface area contributed by atoms with Crippen molar-refractivity contribution in [2.24, 2.45) is 0 Å². The number of ether oxygens (including phenoxy) is 1. The number of carbonyl (C=O) groups is 1. The predicted octanol–water partition coefficient (Wildman–Crippen LogP) is 3.48. The van der Waals surface area contributed by atoms with E-state index >= 15 is 0 Å². The predicted molar refractivity (Wildman–Crippen MR) is 70.7 cm³/mol. The van der Waals surface area contributed by atoms with Crippen LogP contribution in [0.4, 0.5) is 0 Å². The fourth-order valence-electron chi connectivity index (χ4n) is 2.11. The summed E-state index contributed by atoms with van der Waals surface area (Å²) in [5, 5.41) is 8.80. The van der Waals surface area contributed by atoms with Gasteiger partial charge in [-0.25, -0.2) is 4.79 Å². The van der Waals surface area contributed by atoms with Crippen LogP contribution in [0.25, 0.3) is 0 Å². The highest BCUT2D eigenvalue weighted by Crippen LogP contribution is 2.25. The number of aromatic carboxylic acids is 1. The maximum Gasteiger partial charge on any atom is 0.338 e. The minimum atomic E-state index is -1.00. The first kappa shape index (κ1) is 13.2. The van der Waals surface area contributed by atoms with E-state index in [0.717, 1.165) is 16.9 Å². The summed E-state index contributed by atoms with van der Waals surface area (Å²) < 4.78 is 10.9. The van der Waals surface area contributed by atoms with Crippen molar-refractivity contribution >= 4 is 5.97 Å². The fourth-order valence-corrected chi connectivity index (χ4v) is 2.11. The van der Waals surface area contributed by atoms with Crippen molar-refractivity contribution in [3.05, 3.63) is 52.5 Å². The van der Waals surface area contributed by atoms with Crippen LogP contribution in [0.2, 0.25) is 0 Å². The molecule has 0 bridgehead atoms. The molecule has 1 N–H and O–H groups in total. The van der Waals surface area contributed by atoms with Gasteiger partial charge in [-0.05, 0) is 38.0 Å². The third-order valence-corrected chi connectivity index (χ3v) is 2.86. The summed E-state index contributed by atoms with van der Waals surface area (Å²) >= 11 is 0. The van der Waals surface area contributed by atoms with Crippen molar-refractivity contribution in [1.29, 1.82) is 0 Å². The normalized spacial score (nSPS) is 10.5. The number of aryl methyl sites for hydroxylation is 3. The number of carboxylic acids is 1. The van der Waals surface area contributed by atoms with Gasteiger partial charge in [0.25, 0.3) is 0 Å². The minimum Gasteiger partial charge on any atom is -0.485 e. The molecule has 0 atom stereocenters. The van der Waals surface area contributed by atoms with Crippen LogP contribution in [0.15, 0.2) is 28.9 Å². The van der Waals surface area contributed by atoms with Crippen LogP contribution in [0, 0.1) is 20.8 Å². The van der Waals surface area contributed by atoms with E-state index in [1.165, 1.54) is 17.9 Å². The molecule has 0 saturated heterocycles. The maximum atomic E-state index is 10.7. The van der Waals surface area contributed by atoms with Crippen molar-refractivity contribution in [1.82, 2.24) is 0 Å². The summed E-state index contributed by atoms with van der Waals surface area (Å²) in [6.45, 7) is 6.23. The molecule has 1 aromatic heterocycles. The van der Waals surface area contributed by atoms with E-state index < -0.39 is 5.97 Å². The summed E-state index contributed by atoms with van der Waals surface area (Å²) in [6.07, 6.45) is 1.22. The number of hydrogen-bond acceptors (Lipinski definition) is 3. The fraction of sp³-hybridized carbons (Fsp3) is 0.267. The van der Waals surface area contributed by atoms with Gasteiger partial charge < -0.3 is 14.3 Å². The largest absolute Gasteiger partial charge is 0.485 e. The van der Waals surface area contributed by atoms with Crippen molar-refractivity contribution in [3.8, 4) is 5.75 Å². The van der Waals surface area contributed by atoms with Crippen LogP contribution in [0.5, 0.6) is 5.75 Å². The maximum absolute atomic E-state index is 10.7. The molecule has 0 aliphatic rings. The van der Waals surface area contributed by atoms with Crippen molar-refractivity contribution < 1.29 is 19.1 Å². The Morgan fingerprint density at radius 1 is 1.21 bits per heavy atom. The zero-order valence-corrected chi connectivity index (χ0v) is 11.2. The van der Waals surface area contributed by atoms with Crippen LogP contribution >= 0.6 is 0 Å².